The Balaban J connectivity index is 2.01. The van der Waals surface area contributed by atoms with Gasteiger partial charge in [-0.1, -0.05) is 6.42 Å². The first-order valence-electron chi connectivity index (χ1n) is 11.4. The third-order valence-electron chi connectivity index (χ3n) is 5.25. The number of aliphatic carboxylic acids is 1. The van der Waals surface area contributed by atoms with Crippen LogP contribution in [0, 0.1) is 0 Å². The number of nitrogens with two attached hydrogens (primary N) is 1. The van der Waals surface area contributed by atoms with Gasteiger partial charge in [-0.05, 0) is 33.2 Å². The molecule has 0 amide bonds. The van der Waals surface area contributed by atoms with Gasteiger partial charge in [-0.3, -0.25) is 9.69 Å². The Labute approximate surface area is 190 Å². The van der Waals surface area contributed by atoms with Crippen LogP contribution in [0.3, 0.4) is 0 Å². The van der Waals surface area contributed by atoms with Gasteiger partial charge in [0.1, 0.15) is 17.7 Å². The van der Waals surface area contributed by atoms with Crippen LogP contribution in [0.1, 0.15) is 44.8 Å². The summed E-state index contributed by atoms with van der Waals surface area (Å²) in [6.07, 6.45) is 9.64. The fraction of sp³-hybridized carbons (Fsp3) is 0.682. The number of rotatable bonds is 18. The van der Waals surface area contributed by atoms with Crippen LogP contribution in [0.2, 0.25) is 0 Å². The van der Waals surface area contributed by atoms with E-state index in [9.17, 15) is 4.79 Å². The summed E-state index contributed by atoms with van der Waals surface area (Å²) in [5, 5.41) is 8.99. The minimum atomic E-state index is -0.950. The predicted molar refractivity (Wildman–Crippen MR) is 121 cm³/mol. The van der Waals surface area contributed by atoms with Gasteiger partial charge in [0.25, 0.3) is 0 Å². The number of hydrogen-bond donors (Lipinski definition) is 2. The van der Waals surface area contributed by atoms with E-state index in [2.05, 4.69) is 24.0 Å². The summed E-state index contributed by atoms with van der Waals surface area (Å²) in [4.78, 5) is 22.4. The van der Waals surface area contributed by atoms with E-state index in [0.717, 1.165) is 44.1 Å². The number of hydrogen-bond acceptors (Lipinski definition) is 7. The van der Waals surface area contributed by atoms with Crippen molar-refractivity contribution >= 4 is 5.97 Å². The summed E-state index contributed by atoms with van der Waals surface area (Å²) in [7, 11) is 0. The molecule has 0 radical (unpaired) electrons. The average Bonchev–Trinajstić information content (AvgIpc) is 3.40. The molecule has 0 fully saturated rings. The summed E-state index contributed by atoms with van der Waals surface area (Å²) >= 11 is 0. The van der Waals surface area contributed by atoms with E-state index in [0.29, 0.717) is 45.9 Å². The van der Waals surface area contributed by atoms with Crippen molar-refractivity contribution < 1.29 is 19.4 Å². The molecule has 2 aromatic rings. The summed E-state index contributed by atoms with van der Waals surface area (Å²) < 4.78 is 15.2. The number of carboxylic acids is 1. The monoisotopic (exact) mass is 450 g/mol. The second-order valence-electron chi connectivity index (χ2n) is 7.62. The van der Waals surface area contributed by atoms with Crippen molar-refractivity contribution in [2.24, 2.45) is 5.73 Å². The van der Waals surface area contributed by atoms with Gasteiger partial charge < -0.3 is 29.4 Å². The number of unbranched alkanes of at least 4 members (excludes halogenated alkanes) is 1. The molecular formula is C22H38N6O4. The van der Waals surface area contributed by atoms with Crippen LogP contribution in [-0.4, -0.2) is 74.1 Å². The molecule has 2 rings (SSSR count). The molecule has 0 saturated heterocycles. The molecule has 0 aliphatic heterocycles. The molecule has 0 saturated carbocycles. The molecule has 0 spiro atoms. The average molecular weight is 451 g/mol. The number of aromatic nitrogens is 4. The maximum atomic E-state index is 11.0. The standard InChI is InChI=1S/C22H38N6O4/c1-3-31-15-13-27-11-8-24-20(27)17-26(10-6-5-7-19(23)22(29)30)18-21-25-9-12-28(21)14-16-32-4-2/h8-9,11-12,19H,3-7,10,13-18,23H2,1-2H3,(H,29,30). The first-order chi connectivity index (χ1) is 15.5. The molecule has 32 heavy (non-hydrogen) atoms. The van der Waals surface area contributed by atoms with Gasteiger partial charge in [0, 0.05) is 51.1 Å². The van der Waals surface area contributed by atoms with Crippen molar-refractivity contribution in [2.75, 3.05) is 33.0 Å². The van der Waals surface area contributed by atoms with Crippen molar-refractivity contribution in [1.29, 1.82) is 0 Å². The molecular weight excluding hydrogens is 412 g/mol. The second-order valence-corrected chi connectivity index (χ2v) is 7.62. The summed E-state index contributed by atoms with van der Waals surface area (Å²) in [5.41, 5.74) is 5.64. The SMILES string of the molecule is CCOCCn1ccnc1CN(CCCCC(N)C(=O)O)Cc1nccn1CCOCC. The molecule has 3 N–H and O–H groups in total. The van der Waals surface area contributed by atoms with E-state index in [-0.39, 0.29) is 0 Å². The van der Waals surface area contributed by atoms with Crippen molar-refractivity contribution in [2.45, 2.75) is 65.3 Å². The van der Waals surface area contributed by atoms with Crippen LogP contribution < -0.4 is 5.73 Å². The van der Waals surface area contributed by atoms with Crippen LogP contribution in [0.4, 0.5) is 0 Å². The van der Waals surface area contributed by atoms with Gasteiger partial charge in [-0.2, -0.15) is 0 Å². The van der Waals surface area contributed by atoms with E-state index in [1.807, 2.05) is 38.6 Å². The van der Waals surface area contributed by atoms with Crippen LogP contribution in [0.5, 0.6) is 0 Å². The third kappa shape index (κ3) is 9.07. The normalized spacial score (nSPS) is 12.5. The van der Waals surface area contributed by atoms with Crippen molar-refractivity contribution in [3.05, 3.63) is 36.4 Å². The van der Waals surface area contributed by atoms with Crippen LogP contribution in [0.15, 0.2) is 24.8 Å². The number of nitrogens with zero attached hydrogens (tertiary/aromatic N) is 5. The van der Waals surface area contributed by atoms with Crippen LogP contribution in [-0.2, 0) is 40.4 Å². The second kappa shape index (κ2) is 14.7. The molecule has 0 aliphatic carbocycles. The lowest BCUT2D eigenvalue weighted by atomic mass is 10.1. The number of carboxylic acid groups (broad SMARTS) is 1. The number of ether oxygens (including phenoxy) is 2. The third-order valence-corrected chi connectivity index (χ3v) is 5.25. The van der Waals surface area contributed by atoms with E-state index < -0.39 is 12.0 Å². The molecule has 0 aromatic carbocycles. The highest BCUT2D eigenvalue weighted by Gasteiger charge is 2.15. The maximum absolute atomic E-state index is 11.0. The van der Waals surface area contributed by atoms with Crippen molar-refractivity contribution in [3.63, 3.8) is 0 Å². The fourth-order valence-electron chi connectivity index (χ4n) is 3.44. The van der Waals surface area contributed by atoms with Crippen molar-refractivity contribution in [1.82, 2.24) is 24.0 Å². The molecule has 0 bridgehead atoms. The Kier molecular flexibility index (Phi) is 12.0. The lowest BCUT2D eigenvalue weighted by Crippen LogP contribution is -2.31. The van der Waals surface area contributed by atoms with Crippen LogP contribution >= 0.6 is 0 Å². The van der Waals surface area contributed by atoms with Crippen LogP contribution in [0.25, 0.3) is 0 Å². The Morgan fingerprint density at radius 2 is 1.56 bits per heavy atom. The Morgan fingerprint density at radius 1 is 1.03 bits per heavy atom. The number of carbonyl (C=O) groups is 1. The molecule has 2 heterocycles. The first kappa shape index (κ1) is 26.0. The molecule has 0 aliphatic rings. The molecule has 2 aromatic heterocycles. The minimum Gasteiger partial charge on any atom is -0.480 e. The quantitative estimate of drug-likeness (QED) is 0.330. The molecule has 1 unspecified atom stereocenters. The topological polar surface area (TPSA) is 121 Å². The number of imidazole rings is 2. The van der Waals surface area contributed by atoms with Gasteiger partial charge in [0.15, 0.2) is 0 Å². The Morgan fingerprint density at radius 3 is 2.03 bits per heavy atom. The Hall–Kier alpha value is -2.27. The smallest absolute Gasteiger partial charge is 0.320 e. The van der Waals surface area contributed by atoms with E-state index in [1.165, 1.54) is 0 Å². The maximum Gasteiger partial charge on any atom is 0.320 e. The predicted octanol–water partition coefficient (Wildman–Crippen LogP) is 1.74. The highest BCUT2D eigenvalue weighted by Crippen LogP contribution is 2.11. The lowest BCUT2D eigenvalue weighted by molar-refractivity contribution is -0.138. The van der Waals surface area contributed by atoms with E-state index >= 15 is 0 Å². The minimum absolute atomic E-state index is 0.467. The van der Waals surface area contributed by atoms with Gasteiger partial charge in [0.05, 0.1) is 26.3 Å². The van der Waals surface area contributed by atoms with Gasteiger partial charge >= 0.3 is 5.97 Å². The van der Waals surface area contributed by atoms with E-state index in [4.69, 9.17) is 20.3 Å². The Bertz CT molecular complexity index is 728. The molecule has 10 nitrogen and oxygen atoms in total. The van der Waals surface area contributed by atoms with Crippen molar-refractivity contribution in [3.8, 4) is 0 Å². The largest absolute Gasteiger partial charge is 0.480 e. The summed E-state index contributed by atoms with van der Waals surface area (Å²) in [6.45, 7) is 10.3. The first-order valence-corrected chi connectivity index (χ1v) is 11.4. The lowest BCUT2D eigenvalue weighted by Gasteiger charge is -2.23. The zero-order chi connectivity index (χ0) is 23.2. The van der Waals surface area contributed by atoms with Gasteiger partial charge in [0.2, 0.25) is 0 Å². The zero-order valence-electron chi connectivity index (χ0n) is 19.4. The highest BCUT2D eigenvalue weighted by molar-refractivity contribution is 5.72. The summed E-state index contributed by atoms with van der Waals surface area (Å²) in [6, 6.07) is -0.807. The molecule has 10 heteroatoms. The zero-order valence-corrected chi connectivity index (χ0v) is 19.4. The summed E-state index contributed by atoms with van der Waals surface area (Å²) in [5.74, 6) is 0.994. The van der Waals surface area contributed by atoms with Gasteiger partial charge in [-0.25, -0.2) is 9.97 Å². The van der Waals surface area contributed by atoms with E-state index in [1.54, 1.807) is 0 Å². The molecule has 180 valence electrons. The molecule has 1 atom stereocenters. The van der Waals surface area contributed by atoms with Gasteiger partial charge in [-0.15, -0.1) is 0 Å². The fourth-order valence-corrected chi connectivity index (χ4v) is 3.44. The highest BCUT2D eigenvalue weighted by atomic mass is 16.5.